The molecule has 1 aliphatic rings. The number of hydrogen-bond donors (Lipinski definition) is 1. The van der Waals surface area contributed by atoms with Gasteiger partial charge in [0.1, 0.15) is 6.04 Å². The normalized spacial score (nSPS) is 14.3. The first-order valence-electron chi connectivity index (χ1n) is 14.9. The Hall–Kier alpha value is -3.36. The standard InChI is InChI=1S/C34H42ClN3O4S/c1-25-11-9-16-31(26(25)2)38(43(3,41)42)22-10-17-33(39)37(24-28-18-20-29(35)21-19-28)32(23-27-12-5-4-6-13-27)34(40)36-30-14-7-8-15-30/h4-6,9,11-13,16,18-21,30,32H,7-8,10,14-15,17,22-24H2,1-3H3,(H,36,40)/t32-/m1/s1. The second-order valence-electron chi connectivity index (χ2n) is 11.5. The molecular formula is C34H42ClN3O4S. The molecule has 0 aliphatic heterocycles. The van der Waals surface area contributed by atoms with Gasteiger partial charge in [-0.25, -0.2) is 8.42 Å². The molecule has 3 aromatic carbocycles. The van der Waals surface area contributed by atoms with E-state index in [2.05, 4.69) is 5.32 Å². The van der Waals surface area contributed by atoms with Crippen molar-refractivity contribution in [3.8, 4) is 0 Å². The maximum absolute atomic E-state index is 14.0. The van der Waals surface area contributed by atoms with Gasteiger partial charge in [0.2, 0.25) is 21.8 Å². The Morgan fingerprint density at radius 1 is 0.930 bits per heavy atom. The van der Waals surface area contributed by atoms with E-state index >= 15 is 0 Å². The Morgan fingerprint density at radius 3 is 2.26 bits per heavy atom. The van der Waals surface area contributed by atoms with E-state index in [-0.39, 0.29) is 37.4 Å². The largest absolute Gasteiger partial charge is 0.352 e. The second-order valence-corrected chi connectivity index (χ2v) is 13.8. The lowest BCUT2D eigenvalue weighted by atomic mass is 10.0. The van der Waals surface area contributed by atoms with Crippen molar-refractivity contribution in [2.45, 2.75) is 77.4 Å². The van der Waals surface area contributed by atoms with Crippen LogP contribution in [0.4, 0.5) is 5.69 Å². The van der Waals surface area contributed by atoms with Crippen LogP contribution in [0, 0.1) is 13.8 Å². The number of anilines is 1. The maximum Gasteiger partial charge on any atom is 0.243 e. The third-order valence-electron chi connectivity index (χ3n) is 8.24. The number of aryl methyl sites for hydroxylation is 1. The summed E-state index contributed by atoms with van der Waals surface area (Å²) in [7, 11) is -3.58. The van der Waals surface area contributed by atoms with Crippen molar-refractivity contribution in [2.75, 3.05) is 17.1 Å². The summed E-state index contributed by atoms with van der Waals surface area (Å²) in [5, 5.41) is 3.81. The summed E-state index contributed by atoms with van der Waals surface area (Å²) in [6.45, 7) is 4.24. The lowest BCUT2D eigenvalue weighted by Crippen LogP contribution is -2.52. The number of amides is 2. The van der Waals surface area contributed by atoms with Gasteiger partial charge in [0.15, 0.2) is 0 Å². The molecule has 0 unspecified atom stereocenters. The minimum absolute atomic E-state index is 0.0898. The summed E-state index contributed by atoms with van der Waals surface area (Å²) in [6.07, 6.45) is 6.00. The van der Waals surface area contributed by atoms with Gasteiger partial charge in [-0.3, -0.25) is 13.9 Å². The zero-order chi connectivity index (χ0) is 31.0. The number of benzene rings is 3. The summed E-state index contributed by atoms with van der Waals surface area (Å²) in [5.41, 5.74) is 4.31. The lowest BCUT2D eigenvalue weighted by Gasteiger charge is -2.33. The van der Waals surface area contributed by atoms with E-state index in [1.54, 1.807) is 23.1 Å². The highest BCUT2D eigenvalue weighted by molar-refractivity contribution is 7.92. The van der Waals surface area contributed by atoms with E-state index < -0.39 is 16.1 Å². The average Bonchev–Trinajstić information content (AvgIpc) is 3.48. The van der Waals surface area contributed by atoms with Gasteiger partial charge in [0.25, 0.3) is 0 Å². The fourth-order valence-corrected chi connectivity index (χ4v) is 6.84. The highest BCUT2D eigenvalue weighted by Crippen LogP contribution is 2.26. The molecule has 43 heavy (non-hydrogen) atoms. The number of nitrogens with one attached hydrogen (secondary N) is 1. The summed E-state index contributed by atoms with van der Waals surface area (Å²) in [6, 6.07) is 22.0. The molecule has 4 rings (SSSR count). The van der Waals surface area contributed by atoms with Crippen molar-refractivity contribution < 1.29 is 18.0 Å². The van der Waals surface area contributed by atoms with Crippen LogP contribution < -0.4 is 9.62 Å². The Morgan fingerprint density at radius 2 is 1.60 bits per heavy atom. The van der Waals surface area contributed by atoms with Crippen molar-refractivity contribution in [3.63, 3.8) is 0 Å². The number of carbonyl (C=O) groups is 2. The monoisotopic (exact) mass is 623 g/mol. The number of rotatable bonds is 13. The first-order valence-corrected chi connectivity index (χ1v) is 17.2. The minimum Gasteiger partial charge on any atom is -0.352 e. The summed E-state index contributed by atoms with van der Waals surface area (Å²) < 4.78 is 27.0. The predicted octanol–water partition coefficient (Wildman–Crippen LogP) is 6.20. The molecule has 3 aromatic rings. The molecule has 0 bridgehead atoms. The average molecular weight is 624 g/mol. The SMILES string of the molecule is Cc1cccc(N(CCCC(=O)N(Cc2ccc(Cl)cc2)[C@H](Cc2ccccc2)C(=O)NC2CCCC2)S(C)(=O)=O)c1C. The van der Waals surface area contributed by atoms with Crippen molar-refractivity contribution >= 4 is 39.1 Å². The van der Waals surface area contributed by atoms with E-state index in [4.69, 9.17) is 11.6 Å². The van der Waals surface area contributed by atoms with E-state index in [1.165, 1.54) is 10.6 Å². The van der Waals surface area contributed by atoms with Gasteiger partial charge in [-0.05, 0) is 73.6 Å². The molecule has 9 heteroatoms. The minimum atomic E-state index is -3.58. The second kappa shape index (κ2) is 14.9. The fourth-order valence-electron chi connectivity index (χ4n) is 5.70. The molecule has 1 saturated carbocycles. The summed E-state index contributed by atoms with van der Waals surface area (Å²) in [5.74, 6) is -0.363. The van der Waals surface area contributed by atoms with Crippen LogP contribution in [0.3, 0.4) is 0 Å². The molecule has 230 valence electrons. The third kappa shape index (κ3) is 9.07. The highest BCUT2D eigenvalue weighted by Gasteiger charge is 2.32. The van der Waals surface area contributed by atoms with Crippen LogP contribution >= 0.6 is 11.6 Å². The Balaban J connectivity index is 1.59. The van der Waals surface area contributed by atoms with E-state index in [1.807, 2.05) is 68.4 Å². The quantitative estimate of drug-likeness (QED) is 0.246. The van der Waals surface area contributed by atoms with Crippen LogP contribution in [-0.2, 0) is 32.6 Å². The molecule has 0 spiro atoms. The molecule has 1 aliphatic carbocycles. The Labute approximate surface area is 261 Å². The third-order valence-corrected chi connectivity index (χ3v) is 9.67. The van der Waals surface area contributed by atoms with Crippen LogP contribution in [-0.4, -0.2) is 50.0 Å². The number of sulfonamides is 1. The Bertz CT molecular complexity index is 1490. The number of halogens is 1. The summed E-state index contributed by atoms with van der Waals surface area (Å²) in [4.78, 5) is 29.5. The number of hydrogen-bond acceptors (Lipinski definition) is 4. The van der Waals surface area contributed by atoms with Gasteiger partial charge < -0.3 is 10.2 Å². The zero-order valence-corrected chi connectivity index (χ0v) is 26.8. The molecule has 0 aromatic heterocycles. The van der Waals surface area contributed by atoms with Gasteiger partial charge in [-0.15, -0.1) is 0 Å². The van der Waals surface area contributed by atoms with Crippen LogP contribution in [0.25, 0.3) is 0 Å². The van der Waals surface area contributed by atoms with Crippen molar-refractivity contribution in [1.29, 1.82) is 0 Å². The summed E-state index contributed by atoms with van der Waals surface area (Å²) >= 11 is 6.13. The molecule has 0 saturated heterocycles. The fraction of sp³-hybridized carbons (Fsp3) is 0.412. The smallest absolute Gasteiger partial charge is 0.243 e. The van der Waals surface area contributed by atoms with Gasteiger partial charge in [-0.1, -0.05) is 79.0 Å². The van der Waals surface area contributed by atoms with Crippen molar-refractivity contribution in [1.82, 2.24) is 10.2 Å². The van der Waals surface area contributed by atoms with Crippen molar-refractivity contribution in [2.24, 2.45) is 0 Å². The van der Waals surface area contributed by atoms with Crippen LogP contribution in [0.5, 0.6) is 0 Å². The van der Waals surface area contributed by atoms with Gasteiger partial charge in [0.05, 0.1) is 11.9 Å². The van der Waals surface area contributed by atoms with E-state index in [0.717, 1.165) is 47.9 Å². The highest BCUT2D eigenvalue weighted by atomic mass is 35.5. The molecular weight excluding hydrogens is 582 g/mol. The van der Waals surface area contributed by atoms with E-state index in [9.17, 15) is 18.0 Å². The van der Waals surface area contributed by atoms with Gasteiger partial charge in [0, 0.05) is 37.0 Å². The maximum atomic E-state index is 14.0. The van der Waals surface area contributed by atoms with Crippen LogP contribution in [0.15, 0.2) is 72.8 Å². The van der Waals surface area contributed by atoms with Gasteiger partial charge >= 0.3 is 0 Å². The van der Waals surface area contributed by atoms with Crippen molar-refractivity contribution in [3.05, 3.63) is 100 Å². The molecule has 1 N–H and O–H groups in total. The van der Waals surface area contributed by atoms with Crippen LogP contribution in [0.2, 0.25) is 5.02 Å². The van der Waals surface area contributed by atoms with Crippen LogP contribution in [0.1, 0.15) is 60.8 Å². The topological polar surface area (TPSA) is 86.8 Å². The Kier molecular flexibility index (Phi) is 11.3. The molecule has 7 nitrogen and oxygen atoms in total. The number of carbonyl (C=O) groups excluding carboxylic acids is 2. The zero-order valence-electron chi connectivity index (χ0n) is 25.3. The lowest BCUT2D eigenvalue weighted by molar-refractivity contribution is -0.141. The van der Waals surface area contributed by atoms with Gasteiger partial charge in [-0.2, -0.15) is 0 Å². The molecule has 2 amide bonds. The van der Waals surface area contributed by atoms with E-state index in [0.29, 0.717) is 23.6 Å². The number of nitrogens with zero attached hydrogens (tertiary/aromatic N) is 2. The predicted molar refractivity (Wildman–Crippen MR) is 174 cm³/mol. The first kappa shape index (κ1) is 32.6. The molecule has 1 fully saturated rings. The molecule has 1 atom stereocenters. The first-order chi connectivity index (χ1) is 20.5. The molecule has 0 heterocycles. The molecule has 0 radical (unpaired) electrons.